The lowest BCUT2D eigenvalue weighted by molar-refractivity contribution is 0.252. The van der Waals surface area contributed by atoms with Gasteiger partial charge in [0, 0.05) is 30.9 Å². The number of aromatic nitrogens is 1. The molecule has 2 aromatic rings. The molecular formula is C16H16N2. The van der Waals surface area contributed by atoms with E-state index in [9.17, 15) is 0 Å². The van der Waals surface area contributed by atoms with Crippen molar-refractivity contribution in [2.24, 2.45) is 5.92 Å². The Morgan fingerprint density at radius 1 is 1.11 bits per heavy atom. The summed E-state index contributed by atoms with van der Waals surface area (Å²) < 4.78 is 0. The van der Waals surface area contributed by atoms with Gasteiger partial charge in [0.25, 0.3) is 0 Å². The Kier molecular flexibility index (Phi) is 2.16. The van der Waals surface area contributed by atoms with Gasteiger partial charge in [0.2, 0.25) is 0 Å². The number of nitrogens with zero attached hydrogens (tertiary/aromatic N) is 2. The molecule has 1 aromatic heterocycles. The van der Waals surface area contributed by atoms with Crippen molar-refractivity contribution in [3.8, 4) is 0 Å². The van der Waals surface area contributed by atoms with E-state index in [1.807, 2.05) is 12.3 Å². The minimum absolute atomic E-state index is 0.768. The minimum Gasteiger partial charge on any atom is -0.377 e. The Morgan fingerprint density at radius 3 is 2.78 bits per heavy atom. The SMILES string of the molecule is C1=C(c2ccc3ncccc3c2)C2CCN1CC2. The quantitative estimate of drug-likeness (QED) is 0.755. The number of rotatable bonds is 1. The maximum atomic E-state index is 4.39. The van der Waals surface area contributed by atoms with E-state index in [0.717, 1.165) is 11.4 Å². The lowest BCUT2D eigenvalue weighted by Gasteiger charge is -2.39. The molecule has 1 fully saturated rings. The molecule has 0 spiro atoms. The molecule has 0 aliphatic carbocycles. The molecule has 18 heavy (non-hydrogen) atoms. The van der Waals surface area contributed by atoms with Gasteiger partial charge in [-0.05, 0) is 48.1 Å². The van der Waals surface area contributed by atoms with Gasteiger partial charge in [0.15, 0.2) is 0 Å². The van der Waals surface area contributed by atoms with Gasteiger partial charge < -0.3 is 4.90 Å². The van der Waals surface area contributed by atoms with Gasteiger partial charge >= 0.3 is 0 Å². The lowest BCUT2D eigenvalue weighted by atomic mass is 9.82. The molecular weight excluding hydrogens is 220 g/mol. The van der Waals surface area contributed by atoms with Crippen LogP contribution in [0.1, 0.15) is 18.4 Å². The van der Waals surface area contributed by atoms with Crippen molar-refractivity contribution in [3.05, 3.63) is 48.3 Å². The highest BCUT2D eigenvalue weighted by atomic mass is 15.1. The van der Waals surface area contributed by atoms with Crippen molar-refractivity contribution in [2.45, 2.75) is 12.8 Å². The Bertz CT molecular complexity index is 622. The fourth-order valence-corrected chi connectivity index (χ4v) is 3.21. The maximum Gasteiger partial charge on any atom is 0.0702 e. The summed E-state index contributed by atoms with van der Waals surface area (Å²) in [6.07, 6.45) is 6.86. The van der Waals surface area contributed by atoms with Crippen molar-refractivity contribution < 1.29 is 0 Å². The molecule has 90 valence electrons. The van der Waals surface area contributed by atoms with Gasteiger partial charge in [-0.1, -0.05) is 12.1 Å². The summed E-state index contributed by atoms with van der Waals surface area (Å²) in [5, 5.41) is 1.24. The molecule has 0 amide bonds. The van der Waals surface area contributed by atoms with Gasteiger partial charge in [0.05, 0.1) is 5.52 Å². The number of pyridine rings is 1. The van der Waals surface area contributed by atoms with Crippen LogP contribution < -0.4 is 0 Å². The van der Waals surface area contributed by atoms with Crippen molar-refractivity contribution in [3.63, 3.8) is 0 Å². The van der Waals surface area contributed by atoms with Gasteiger partial charge in [-0.25, -0.2) is 0 Å². The third kappa shape index (κ3) is 1.52. The van der Waals surface area contributed by atoms with Crippen LogP contribution in [0.15, 0.2) is 42.7 Å². The summed E-state index contributed by atoms with van der Waals surface area (Å²) >= 11 is 0. The highest BCUT2D eigenvalue weighted by Gasteiger charge is 2.27. The molecule has 2 nitrogen and oxygen atoms in total. The number of benzene rings is 1. The highest BCUT2D eigenvalue weighted by molar-refractivity contribution is 5.83. The van der Waals surface area contributed by atoms with E-state index >= 15 is 0 Å². The second-order valence-electron chi connectivity index (χ2n) is 5.31. The standard InChI is InChI=1S/C16H16N2/c1-2-14-10-13(3-4-16(14)17-7-1)15-11-18-8-5-12(15)6-9-18/h1-4,7,10-12H,5-6,8-9H2. The molecule has 4 heterocycles. The van der Waals surface area contributed by atoms with Crippen LogP contribution >= 0.6 is 0 Å². The number of hydrogen-bond acceptors (Lipinski definition) is 2. The number of piperidine rings is 1. The topological polar surface area (TPSA) is 16.1 Å². The molecule has 0 unspecified atom stereocenters. The summed E-state index contributed by atoms with van der Waals surface area (Å²) in [6.45, 7) is 2.48. The van der Waals surface area contributed by atoms with E-state index in [1.165, 1.54) is 42.5 Å². The van der Waals surface area contributed by atoms with E-state index in [2.05, 4.69) is 40.3 Å². The predicted molar refractivity (Wildman–Crippen MR) is 74.0 cm³/mol. The van der Waals surface area contributed by atoms with E-state index in [4.69, 9.17) is 0 Å². The van der Waals surface area contributed by atoms with Crippen LogP contribution in [0, 0.1) is 5.92 Å². The highest BCUT2D eigenvalue weighted by Crippen LogP contribution is 2.37. The summed E-state index contributed by atoms with van der Waals surface area (Å²) in [5.74, 6) is 0.768. The summed E-state index contributed by atoms with van der Waals surface area (Å²) in [6, 6.07) is 10.8. The summed E-state index contributed by atoms with van der Waals surface area (Å²) in [7, 11) is 0. The smallest absolute Gasteiger partial charge is 0.0702 e. The molecule has 3 aliphatic heterocycles. The van der Waals surface area contributed by atoms with Crippen LogP contribution in [-0.4, -0.2) is 23.0 Å². The molecule has 2 heteroatoms. The summed E-state index contributed by atoms with van der Waals surface area (Å²) in [4.78, 5) is 6.85. The fourth-order valence-electron chi connectivity index (χ4n) is 3.21. The van der Waals surface area contributed by atoms with E-state index in [0.29, 0.717) is 0 Å². The normalized spacial score (nSPS) is 19.3. The second kappa shape index (κ2) is 3.84. The first kappa shape index (κ1) is 10.1. The Hall–Kier alpha value is -1.83. The number of allylic oxidation sites excluding steroid dienone is 1. The van der Waals surface area contributed by atoms with Crippen LogP contribution in [0.25, 0.3) is 16.5 Å². The largest absolute Gasteiger partial charge is 0.377 e. The van der Waals surface area contributed by atoms with Crippen LogP contribution in [-0.2, 0) is 0 Å². The monoisotopic (exact) mass is 236 g/mol. The second-order valence-corrected chi connectivity index (χ2v) is 5.31. The predicted octanol–water partition coefficient (Wildman–Crippen LogP) is 3.30. The zero-order chi connectivity index (χ0) is 11.9. The average molecular weight is 236 g/mol. The Balaban J connectivity index is 1.83. The van der Waals surface area contributed by atoms with Gasteiger partial charge in [-0.2, -0.15) is 0 Å². The molecule has 1 saturated heterocycles. The first-order valence-electron chi connectivity index (χ1n) is 6.71. The van der Waals surface area contributed by atoms with Crippen molar-refractivity contribution in [1.82, 2.24) is 9.88 Å². The van der Waals surface area contributed by atoms with Crippen LogP contribution in [0.4, 0.5) is 0 Å². The summed E-state index contributed by atoms with van der Waals surface area (Å²) in [5.41, 5.74) is 3.99. The van der Waals surface area contributed by atoms with Crippen molar-refractivity contribution >= 4 is 16.5 Å². The van der Waals surface area contributed by atoms with Gasteiger partial charge in [-0.15, -0.1) is 0 Å². The maximum absolute atomic E-state index is 4.39. The zero-order valence-electron chi connectivity index (χ0n) is 10.3. The Labute approximate surface area is 107 Å². The van der Waals surface area contributed by atoms with Gasteiger partial charge in [-0.3, -0.25) is 4.98 Å². The number of hydrogen-bond donors (Lipinski definition) is 0. The molecule has 1 aromatic carbocycles. The van der Waals surface area contributed by atoms with Crippen molar-refractivity contribution in [1.29, 1.82) is 0 Å². The zero-order valence-corrected chi connectivity index (χ0v) is 10.3. The van der Waals surface area contributed by atoms with E-state index in [1.54, 1.807) is 0 Å². The average Bonchev–Trinajstić information content (AvgIpc) is 2.48. The molecule has 2 bridgehead atoms. The van der Waals surface area contributed by atoms with Crippen LogP contribution in [0.2, 0.25) is 0 Å². The van der Waals surface area contributed by atoms with Crippen molar-refractivity contribution in [2.75, 3.05) is 13.1 Å². The molecule has 0 radical (unpaired) electrons. The minimum atomic E-state index is 0.768. The third-order valence-electron chi connectivity index (χ3n) is 4.23. The fraction of sp³-hybridized carbons (Fsp3) is 0.312. The van der Waals surface area contributed by atoms with Gasteiger partial charge in [0.1, 0.15) is 0 Å². The molecule has 0 N–H and O–H groups in total. The lowest BCUT2D eigenvalue weighted by Crippen LogP contribution is -2.35. The molecule has 0 atom stereocenters. The van der Waals surface area contributed by atoms with Crippen LogP contribution in [0.3, 0.4) is 0 Å². The number of fused-ring (bicyclic) bond motifs is 3. The molecule has 3 aliphatic rings. The van der Waals surface area contributed by atoms with Crippen LogP contribution in [0.5, 0.6) is 0 Å². The van der Waals surface area contributed by atoms with E-state index in [-0.39, 0.29) is 0 Å². The van der Waals surface area contributed by atoms with E-state index < -0.39 is 0 Å². The first-order valence-corrected chi connectivity index (χ1v) is 6.71. The first-order chi connectivity index (χ1) is 8.90. The molecule has 5 rings (SSSR count). The molecule has 0 saturated carbocycles. The third-order valence-corrected chi connectivity index (χ3v) is 4.23. The Morgan fingerprint density at radius 2 is 2.00 bits per heavy atom.